The highest BCUT2D eigenvalue weighted by molar-refractivity contribution is 7.11. The standard InChI is InChI=1S/C23H29N3O4S/c1-28-18-13-16(14-19(29-2)23(18)30-3)7-8-22(27)26-11-9-25(10-12-26)15-21-24-17-5-4-6-20(17)31-21/h7-8,13-14H,4-6,9-12,15H2,1-3H3/b8-7+. The van der Waals surface area contributed by atoms with Crippen molar-refractivity contribution >= 4 is 23.3 Å². The van der Waals surface area contributed by atoms with E-state index in [1.54, 1.807) is 33.5 Å². The summed E-state index contributed by atoms with van der Waals surface area (Å²) in [6.45, 7) is 4.08. The van der Waals surface area contributed by atoms with Gasteiger partial charge in [-0.05, 0) is 43.0 Å². The second-order valence-electron chi connectivity index (χ2n) is 7.72. The summed E-state index contributed by atoms with van der Waals surface area (Å²) in [5.74, 6) is 1.68. The number of piperazine rings is 1. The SMILES string of the molecule is COc1cc(/C=C/C(=O)N2CCN(Cc3nc4c(s3)CCC4)CC2)cc(OC)c1OC. The molecule has 2 aliphatic rings. The van der Waals surface area contributed by atoms with Crippen molar-refractivity contribution < 1.29 is 19.0 Å². The number of nitrogens with zero attached hydrogens (tertiary/aromatic N) is 3. The first-order valence-corrected chi connectivity index (χ1v) is 11.4. The Labute approximate surface area is 187 Å². The highest BCUT2D eigenvalue weighted by atomic mass is 32.1. The number of benzene rings is 1. The summed E-state index contributed by atoms with van der Waals surface area (Å²) in [7, 11) is 4.73. The van der Waals surface area contributed by atoms with Gasteiger partial charge in [0.25, 0.3) is 0 Å². The molecule has 31 heavy (non-hydrogen) atoms. The Morgan fingerprint density at radius 3 is 2.39 bits per heavy atom. The number of rotatable bonds is 7. The molecule has 2 aromatic rings. The van der Waals surface area contributed by atoms with Crippen LogP contribution in [-0.4, -0.2) is 68.2 Å². The van der Waals surface area contributed by atoms with Gasteiger partial charge in [0.05, 0.1) is 33.6 Å². The van der Waals surface area contributed by atoms with E-state index < -0.39 is 0 Å². The van der Waals surface area contributed by atoms with Crippen molar-refractivity contribution in [2.75, 3.05) is 47.5 Å². The van der Waals surface area contributed by atoms with Crippen molar-refractivity contribution in [1.29, 1.82) is 0 Å². The molecule has 0 N–H and O–H groups in total. The van der Waals surface area contributed by atoms with Gasteiger partial charge in [0.2, 0.25) is 11.7 Å². The van der Waals surface area contributed by atoms with Crippen LogP contribution in [0, 0.1) is 0 Å². The first kappa shape index (κ1) is 21.6. The molecule has 1 aliphatic heterocycles. The average molecular weight is 444 g/mol. The van der Waals surface area contributed by atoms with Gasteiger partial charge in [0.15, 0.2) is 11.5 Å². The van der Waals surface area contributed by atoms with Gasteiger partial charge in [0.1, 0.15) is 5.01 Å². The number of fused-ring (bicyclic) bond motifs is 1. The molecule has 0 atom stereocenters. The third kappa shape index (κ3) is 4.85. The fraction of sp³-hybridized carbons (Fsp3) is 0.478. The van der Waals surface area contributed by atoms with E-state index in [1.165, 1.54) is 28.4 Å². The Kier molecular flexibility index (Phi) is 6.77. The molecule has 8 heteroatoms. The number of ether oxygens (including phenoxy) is 3. The molecule has 0 unspecified atom stereocenters. The van der Waals surface area contributed by atoms with Gasteiger partial charge < -0.3 is 19.1 Å². The van der Waals surface area contributed by atoms with Crippen LogP contribution in [0.5, 0.6) is 17.2 Å². The minimum absolute atomic E-state index is 0.0154. The molecule has 1 fully saturated rings. The van der Waals surface area contributed by atoms with E-state index in [0.717, 1.165) is 44.7 Å². The fourth-order valence-electron chi connectivity index (χ4n) is 4.10. The normalized spacial score (nSPS) is 16.5. The predicted molar refractivity (Wildman–Crippen MR) is 121 cm³/mol. The molecule has 1 saturated heterocycles. The maximum Gasteiger partial charge on any atom is 0.246 e. The summed E-state index contributed by atoms with van der Waals surface area (Å²) in [5.41, 5.74) is 2.13. The van der Waals surface area contributed by atoms with Gasteiger partial charge in [-0.25, -0.2) is 4.98 Å². The zero-order valence-electron chi connectivity index (χ0n) is 18.3. The molecule has 1 aliphatic carbocycles. The maximum absolute atomic E-state index is 12.7. The lowest BCUT2D eigenvalue weighted by Crippen LogP contribution is -2.47. The minimum atomic E-state index is 0.0154. The first-order chi connectivity index (χ1) is 15.1. The molecule has 0 radical (unpaired) electrons. The Morgan fingerprint density at radius 2 is 1.77 bits per heavy atom. The minimum Gasteiger partial charge on any atom is -0.493 e. The second kappa shape index (κ2) is 9.70. The van der Waals surface area contributed by atoms with Crippen molar-refractivity contribution in [2.45, 2.75) is 25.8 Å². The molecule has 1 aromatic heterocycles. The Bertz CT molecular complexity index is 917. The van der Waals surface area contributed by atoms with Crippen LogP contribution in [0.15, 0.2) is 18.2 Å². The summed E-state index contributed by atoms with van der Waals surface area (Å²) < 4.78 is 16.1. The lowest BCUT2D eigenvalue weighted by molar-refractivity contribution is -0.127. The van der Waals surface area contributed by atoms with E-state index in [-0.39, 0.29) is 5.91 Å². The summed E-state index contributed by atoms with van der Waals surface area (Å²) in [5, 5.41) is 1.21. The van der Waals surface area contributed by atoms with Crippen LogP contribution < -0.4 is 14.2 Å². The highest BCUT2D eigenvalue weighted by Gasteiger charge is 2.22. The van der Waals surface area contributed by atoms with Gasteiger partial charge in [-0.1, -0.05) is 0 Å². The Balaban J connectivity index is 1.33. The predicted octanol–water partition coefficient (Wildman–Crippen LogP) is 3.02. The van der Waals surface area contributed by atoms with E-state index in [1.807, 2.05) is 28.4 Å². The van der Waals surface area contributed by atoms with E-state index in [2.05, 4.69) is 4.90 Å². The van der Waals surface area contributed by atoms with Crippen LogP contribution in [0.2, 0.25) is 0 Å². The van der Waals surface area contributed by atoms with Gasteiger partial charge >= 0.3 is 0 Å². The molecule has 0 spiro atoms. The van der Waals surface area contributed by atoms with E-state index in [9.17, 15) is 4.79 Å². The van der Waals surface area contributed by atoms with Crippen LogP contribution in [0.3, 0.4) is 0 Å². The quantitative estimate of drug-likeness (QED) is 0.613. The molecule has 0 bridgehead atoms. The first-order valence-electron chi connectivity index (χ1n) is 10.6. The van der Waals surface area contributed by atoms with Crippen LogP contribution in [0.25, 0.3) is 6.08 Å². The van der Waals surface area contributed by atoms with Crippen LogP contribution >= 0.6 is 11.3 Å². The van der Waals surface area contributed by atoms with Gasteiger partial charge in [0, 0.05) is 37.1 Å². The average Bonchev–Trinajstić information content (AvgIpc) is 3.39. The highest BCUT2D eigenvalue weighted by Crippen LogP contribution is 2.38. The number of methoxy groups -OCH3 is 3. The van der Waals surface area contributed by atoms with E-state index >= 15 is 0 Å². The third-order valence-electron chi connectivity index (χ3n) is 5.79. The maximum atomic E-state index is 12.7. The van der Waals surface area contributed by atoms with E-state index in [0.29, 0.717) is 17.2 Å². The summed E-state index contributed by atoms with van der Waals surface area (Å²) >= 11 is 1.86. The van der Waals surface area contributed by atoms with Crippen LogP contribution in [0.4, 0.5) is 0 Å². The number of aryl methyl sites for hydroxylation is 2. The topological polar surface area (TPSA) is 64.1 Å². The number of amides is 1. The molecule has 7 nitrogen and oxygen atoms in total. The van der Waals surface area contributed by atoms with Crippen molar-refractivity contribution in [1.82, 2.24) is 14.8 Å². The molecule has 2 heterocycles. The lowest BCUT2D eigenvalue weighted by Gasteiger charge is -2.33. The molecular formula is C23H29N3O4S. The zero-order chi connectivity index (χ0) is 21.8. The Hall–Kier alpha value is -2.58. The summed E-state index contributed by atoms with van der Waals surface area (Å²) in [6, 6.07) is 3.66. The van der Waals surface area contributed by atoms with Crippen molar-refractivity contribution in [3.05, 3.63) is 39.4 Å². The molecule has 4 rings (SSSR count). The summed E-state index contributed by atoms with van der Waals surface area (Å²) in [4.78, 5) is 23.2. The number of carbonyl (C=O) groups is 1. The molecular weight excluding hydrogens is 414 g/mol. The summed E-state index contributed by atoms with van der Waals surface area (Å²) in [6.07, 6.45) is 6.97. The number of hydrogen-bond donors (Lipinski definition) is 0. The van der Waals surface area contributed by atoms with Crippen molar-refractivity contribution in [3.8, 4) is 17.2 Å². The number of aromatic nitrogens is 1. The lowest BCUT2D eigenvalue weighted by atomic mass is 10.1. The van der Waals surface area contributed by atoms with Crippen LogP contribution in [0.1, 0.15) is 27.6 Å². The number of hydrogen-bond acceptors (Lipinski definition) is 7. The van der Waals surface area contributed by atoms with Crippen LogP contribution in [-0.2, 0) is 24.2 Å². The molecule has 1 aromatic carbocycles. The van der Waals surface area contributed by atoms with Gasteiger partial charge in [-0.3, -0.25) is 9.69 Å². The molecule has 0 saturated carbocycles. The van der Waals surface area contributed by atoms with Gasteiger partial charge in [-0.2, -0.15) is 0 Å². The van der Waals surface area contributed by atoms with Crippen molar-refractivity contribution in [3.63, 3.8) is 0 Å². The third-order valence-corrected chi connectivity index (χ3v) is 6.93. The van der Waals surface area contributed by atoms with Crippen molar-refractivity contribution in [2.24, 2.45) is 0 Å². The second-order valence-corrected chi connectivity index (χ2v) is 8.89. The largest absolute Gasteiger partial charge is 0.493 e. The Morgan fingerprint density at radius 1 is 1.06 bits per heavy atom. The smallest absolute Gasteiger partial charge is 0.246 e. The monoisotopic (exact) mass is 443 g/mol. The molecule has 166 valence electrons. The number of thiazole rings is 1. The fourth-order valence-corrected chi connectivity index (χ4v) is 5.30. The molecule has 1 amide bonds. The van der Waals surface area contributed by atoms with Gasteiger partial charge in [-0.15, -0.1) is 11.3 Å². The zero-order valence-corrected chi connectivity index (χ0v) is 19.2. The number of carbonyl (C=O) groups excluding carboxylic acids is 1. The van der Waals surface area contributed by atoms with E-state index in [4.69, 9.17) is 19.2 Å².